The van der Waals surface area contributed by atoms with E-state index in [4.69, 9.17) is 4.98 Å². The highest BCUT2D eigenvalue weighted by atomic mass is 15.6. The second-order valence-electron chi connectivity index (χ2n) is 9.14. The molecule has 0 spiro atoms. The predicted octanol–water partition coefficient (Wildman–Crippen LogP) is 3.11. The molecular formula is C27H27N9. The van der Waals surface area contributed by atoms with E-state index in [1.54, 1.807) is 6.20 Å². The van der Waals surface area contributed by atoms with Gasteiger partial charge in [0.15, 0.2) is 0 Å². The van der Waals surface area contributed by atoms with Crippen molar-refractivity contribution in [1.29, 1.82) is 5.26 Å². The fourth-order valence-corrected chi connectivity index (χ4v) is 5.20. The number of hydrogen-bond donors (Lipinski definition) is 1. The van der Waals surface area contributed by atoms with Crippen LogP contribution in [0.25, 0.3) is 5.57 Å². The first-order valence-corrected chi connectivity index (χ1v) is 12.1. The second kappa shape index (κ2) is 9.41. The summed E-state index contributed by atoms with van der Waals surface area (Å²) < 4.78 is 0. The molecule has 36 heavy (non-hydrogen) atoms. The molecule has 0 aliphatic carbocycles. The van der Waals surface area contributed by atoms with Crippen LogP contribution in [0.2, 0.25) is 0 Å². The van der Waals surface area contributed by atoms with E-state index in [0.717, 1.165) is 66.6 Å². The van der Waals surface area contributed by atoms with Gasteiger partial charge in [0, 0.05) is 81.3 Å². The van der Waals surface area contributed by atoms with Gasteiger partial charge in [-0.05, 0) is 30.3 Å². The average Bonchev–Trinajstić information content (AvgIpc) is 3.56. The van der Waals surface area contributed by atoms with Gasteiger partial charge in [-0.1, -0.05) is 12.1 Å². The molecule has 3 aliphatic rings. The summed E-state index contributed by atoms with van der Waals surface area (Å²) >= 11 is 0. The highest BCUT2D eigenvalue weighted by molar-refractivity contribution is 5.83. The Bertz CT molecular complexity index is 1340. The van der Waals surface area contributed by atoms with E-state index < -0.39 is 0 Å². The first kappa shape index (κ1) is 22.2. The van der Waals surface area contributed by atoms with Gasteiger partial charge in [0.1, 0.15) is 5.82 Å². The van der Waals surface area contributed by atoms with E-state index >= 15 is 0 Å². The van der Waals surface area contributed by atoms with Crippen molar-refractivity contribution in [3.63, 3.8) is 0 Å². The Morgan fingerprint density at radius 1 is 1.08 bits per heavy atom. The van der Waals surface area contributed by atoms with Crippen LogP contribution in [-0.4, -0.2) is 68.3 Å². The quantitative estimate of drug-likeness (QED) is 0.600. The largest absolute Gasteiger partial charge is 0.354 e. The minimum atomic E-state index is -0.190. The van der Waals surface area contributed by atoms with Gasteiger partial charge in [-0.25, -0.2) is 9.99 Å². The smallest absolute Gasteiger partial charge is 0.128 e. The van der Waals surface area contributed by atoms with Gasteiger partial charge in [-0.15, -0.1) is 0 Å². The number of anilines is 1. The summed E-state index contributed by atoms with van der Waals surface area (Å²) in [5.41, 5.74) is 5.64. The van der Waals surface area contributed by atoms with Gasteiger partial charge in [0.2, 0.25) is 0 Å². The number of nitrogens with zero attached hydrogens (tertiary/aromatic N) is 8. The number of nitrogens with one attached hydrogen (secondary N) is 1. The van der Waals surface area contributed by atoms with Crippen LogP contribution in [0, 0.1) is 11.3 Å². The number of H-pyrrole nitrogens is 1. The Hall–Kier alpha value is -4.26. The zero-order valence-electron chi connectivity index (χ0n) is 20.1. The van der Waals surface area contributed by atoms with E-state index in [9.17, 15) is 5.26 Å². The van der Waals surface area contributed by atoms with Gasteiger partial charge in [0.25, 0.3) is 0 Å². The zero-order chi connectivity index (χ0) is 24.5. The highest BCUT2D eigenvalue weighted by Gasteiger charge is 2.40. The van der Waals surface area contributed by atoms with E-state index in [2.05, 4.69) is 60.3 Å². The summed E-state index contributed by atoms with van der Waals surface area (Å²) in [6, 6.07) is 12.5. The van der Waals surface area contributed by atoms with Crippen molar-refractivity contribution in [2.24, 2.45) is 0 Å². The van der Waals surface area contributed by atoms with Crippen LogP contribution in [0.15, 0.2) is 84.7 Å². The van der Waals surface area contributed by atoms with Gasteiger partial charge < -0.3 is 4.90 Å². The lowest BCUT2D eigenvalue weighted by molar-refractivity contribution is 0.0873. The molecule has 9 nitrogen and oxygen atoms in total. The third kappa shape index (κ3) is 3.96. The number of nitriles is 1. The maximum atomic E-state index is 10.1. The van der Waals surface area contributed by atoms with Crippen molar-refractivity contribution in [3.05, 3.63) is 102 Å². The van der Waals surface area contributed by atoms with Crippen molar-refractivity contribution in [1.82, 2.24) is 35.1 Å². The summed E-state index contributed by atoms with van der Waals surface area (Å²) in [6.45, 7) is 4.69. The molecule has 0 saturated carbocycles. The van der Waals surface area contributed by atoms with Crippen molar-refractivity contribution in [3.8, 4) is 6.07 Å². The highest BCUT2D eigenvalue weighted by Crippen LogP contribution is 2.45. The maximum Gasteiger partial charge on any atom is 0.128 e. The number of aromatic nitrogens is 4. The molecule has 6 rings (SSSR count). The fourth-order valence-electron chi connectivity index (χ4n) is 5.20. The van der Waals surface area contributed by atoms with E-state index in [1.165, 1.54) is 0 Å². The average molecular weight is 478 g/mol. The minimum absolute atomic E-state index is 0.190. The number of rotatable bonds is 5. The standard InChI is InChI=1S/C27H27N9/c1-33-26(21-17-31-32-18-21)24(15-28)27-23(6-4-10-36(27)33)20-7-8-25(30-16-20)35-13-11-34(12-14-35)19-22-5-2-3-9-29-22/h2-10,16-18,26H,11-14,19H2,1H3,(H,31,32). The number of hydrazine groups is 1. The second-order valence-corrected chi connectivity index (χ2v) is 9.14. The van der Waals surface area contributed by atoms with E-state index in [0.29, 0.717) is 5.57 Å². The zero-order valence-corrected chi connectivity index (χ0v) is 20.1. The number of likely N-dealkylation sites (N-methyl/N-ethyl adjacent to an activating group) is 1. The number of aromatic amines is 1. The van der Waals surface area contributed by atoms with Crippen molar-refractivity contribution < 1.29 is 0 Å². The molecule has 3 aromatic rings. The monoisotopic (exact) mass is 477 g/mol. The summed E-state index contributed by atoms with van der Waals surface area (Å²) in [5, 5.41) is 21.2. The van der Waals surface area contributed by atoms with Crippen LogP contribution < -0.4 is 4.90 Å². The molecule has 6 heterocycles. The van der Waals surface area contributed by atoms with E-state index in [1.807, 2.05) is 55.1 Å². The summed E-state index contributed by atoms with van der Waals surface area (Å²) in [4.78, 5) is 14.0. The van der Waals surface area contributed by atoms with Crippen LogP contribution in [0.1, 0.15) is 22.9 Å². The topological polar surface area (TPSA) is 91.2 Å². The SMILES string of the molecule is CN1C(c2cn[nH]c2)C(C#N)=C2C(c3ccc(N4CCN(Cc5ccccn5)CC4)nc3)=CC=CN21. The Morgan fingerprint density at radius 2 is 1.97 bits per heavy atom. The number of fused-ring (bicyclic) bond motifs is 1. The van der Waals surface area contributed by atoms with Gasteiger partial charge in [-0.3, -0.25) is 20.0 Å². The summed E-state index contributed by atoms with van der Waals surface area (Å²) in [6.07, 6.45) is 13.5. The van der Waals surface area contributed by atoms with Crippen molar-refractivity contribution >= 4 is 11.4 Å². The summed E-state index contributed by atoms with van der Waals surface area (Å²) in [7, 11) is 1.99. The minimum Gasteiger partial charge on any atom is -0.354 e. The maximum absolute atomic E-state index is 10.1. The van der Waals surface area contributed by atoms with Gasteiger partial charge in [-0.2, -0.15) is 10.4 Å². The number of hydrogen-bond acceptors (Lipinski definition) is 8. The molecule has 0 radical (unpaired) electrons. The number of piperazine rings is 1. The third-order valence-electron chi connectivity index (χ3n) is 7.04. The van der Waals surface area contributed by atoms with E-state index in [-0.39, 0.29) is 6.04 Å². The Morgan fingerprint density at radius 3 is 2.67 bits per heavy atom. The van der Waals surface area contributed by atoms with Crippen LogP contribution in [0.3, 0.4) is 0 Å². The number of pyridine rings is 2. The molecule has 0 bridgehead atoms. The fraction of sp³-hybridized carbons (Fsp3) is 0.259. The predicted molar refractivity (Wildman–Crippen MR) is 137 cm³/mol. The molecule has 1 atom stereocenters. The van der Waals surface area contributed by atoms with Crippen molar-refractivity contribution in [2.75, 3.05) is 38.1 Å². The van der Waals surface area contributed by atoms with Crippen LogP contribution in [-0.2, 0) is 6.54 Å². The molecule has 1 N–H and O–H groups in total. The van der Waals surface area contributed by atoms with Crippen LogP contribution in [0.4, 0.5) is 5.82 Å². The first-order valence-electron chi connectivity index (χ1n) is 12.1. The first-order chi connectivity index (χ1) is 17.7. The lowest BCUT2D eigenvalue weighted by Crippen LogP contribution is -2.46. The molecule has 180 valence electrons. The lowest BCUT2D eigenvalue weighted by Gasteiger charge is -2.35. The molecule has 3 aliphatic heterocycles. The molecule has 9 heteroatoms. The van der Waals surface area contributed by atoms with Gasteiger partial charge in [0.05, 0.1) is 35.3 Å². The van der Waals surface area contributed by atoms with Crippen molar-refractivity contribution in [2.45, 2.75) is 12.6 Å². The molecule has 1 fully saturated rings. The molecule has 1 saturated heterocycles. The Labute approximate surface area is 210 Å². The molecule has 0 amide bonds. The molecule has 3 aromatic heterocycles. The van der Waals surface area contributed by atoms with Crippen LogP contribution in [0.5, 0.6) is 0 Å². The van der Waals surface area contributed by atoms with Gasteiger partial charge >= 0.3 is 0 Å². The Balaban J connectivity index is 1.19. The normalized spacial score (nSPS) is 20.4. The number of allylic oxidation sites excluding steroid dienone is 3. The van der Waals surface area contributed by atoms with Crippen LogP contribution >= 0.6 is 0 Å². The third-order valence-corrected chi connectivity index (χ3v) is 7.04. The summed E-state index contributed by atoms with van der Waals surface area (Å²) in [5.74, 6) is 0.981. The lowest BCUT2D eigenvalue weighted by atomic mass is 9.95. The molecular weight excluding hydrogens is 450 g/mol. The Kier molecular flexibility index (Phi) is 5.81. The molecule has 0 aromatic carbocycles. The molecule has 1 unspecified atom stereocenters.